The lowest BCUT2D eigenvalue weighted by Crippen LogP contribution is -2.23. The van der Waals surface area contributed by atoms with Crippen molar-refractivity contribution in [3.8, 4) is 0 Å². The van der Waals surface area contributed by atoms with Gasteiger partial charge in [0.25, 0.3) is 0 Å². The molecule has 0 atom stereocenters. The largest absolute Gasteiger partial charge is 0.319 e. The second-order valence-corrected chi connectivity index (χ2v) is 4.67. The van der Waals surface area contributed by atoms with Crippen LogP contribution in [0, 0.1) is 0 Å². The van der Waals surface area contributed by atoms with Crippen LogP contribution in [0.1, 0.15) is 30.5 Å². The Balaban J connectivity index is 2.15. The topological polar surface area (TPSA) is 24.9 Å². The molecule has 13 heavy (non-hydrogen) atoms. The number of hydrogen-bond acceptors (Lipinski definition) is 3. The van der Waals surface area contributed by atoms with Gasteiger partial charge >= 0.3 is 0 Å². The maximum atomic E-state index is 4.66. The van der Waals surface area contributed by atoms with Gasteiger partial charge in [-0.25, -0.2) is 4.98 Å². The zero-order chi connectivity index (χ0) is 9.31. The second kappa shape index (κ2) is 3.39. The molecule has 0 radical (unpaired) electrons. The van der Waals surface area contributed by atoms with Crippen LogP contribution in [-0.2, 0) is 11.8 Å². The fourth-order valence-electron chi connectivity index (χ4n) is 1.67. The van der Waals surface area contributed by atoms with E-state index in [4.69, 9.17) is 0 Å². The summed E-state index contributed by atoms with van der Waals surface area (Å²) in [5.41, 5.74) is 1.66. The van der Waals surface area contributed by atoms with E-state index in [-0.39, 0.29) is 0 Å². The van der Waals surface area contributed by atoms with Crippen molar-refractivity contribution in [2.45, 2.75) is 31.6 Å². The van der Waals surface area contributed by atoms with E-state index in [0.717, 1.165) is 13.0 Å². The Kier molecular flexibility index (Phi) is 2.39. The minimum Gasteiger partial charge on any atom is -0.319 e. The number of nitrogens with one attached hydrogen (secondary N) is 1. The highest BCUT2D eigenvalue weighted by Crippen LogP contribution is 2.48. The Hall–Kier alpha value is -0.410. The molecule has 0 spiro atoms. The summed E-state index contributed by atoms with van der Waals surface area (Å²) < 4.78 is 0. The zero-order valence-electron chi connectivity index (χ0n) is 8.26. The first-order valence-corrected chi connectivity index (χ1v) is 5.78. The fourth-order valence-corrected chi connectivity index (χ4v) is 2.83. The van der Waals surface area contributed by atoms with Crippen LogP contribution in [0.3, 0.4) is 0 Å². The van der Waals surface area contributed by atoms with Gasteiger partial charge in [-0.3, -0.25) is 0 Å². The van der Waals surface area contributed by atoms with Gasteiger partial charge in [0.1, 0.15) is 5.01 Å². The lowest BCUT2D eigenvalue weighted by Gasteiger charge is -2.09. The SMILES string of the molecule is CCc1csc(C2(CNC)CC2)n1. The molecule has 0 aromatic carbocycles. The second-order valence-electron chi connectivity index (χ2n) is 3.81. The third kappa shape index (κ3) is 1.63. The van der Waals surface area contributed by atoms with Crippen LogP contribution >= 0.6 is 11.3 Å². The van der Waals surface area contributed by atoms with Gasteiger partial charge in [-0.15, -0.1) is 11.3 Å². The number of rotatable bonds is 4. The standard InChI is InChI=1S/C10H16N2S/c1-3-8-6-13-9(12-8)10(4-5-10)7-11-2/h6,11H,3-5,7H2,1-2H3. The molecule has 1 heterocycles. The fraction of sp³-hybridized carbons (Fsp3) is 0.700. The molecule has 2 nitrogen and oxygen atoms in total. The summed E-state index contributed by atoms with van der Waals surface area (Å²) in [5, 5.41) is 6.81. The number of aryl methyl sites for hydroxylation is 1. The molecule has 0 unspecified atom stereocenters. The van der Waals surface area contributed by atoms with Crippen molar-refractivity contribution >= 4 is 11.3 Å². The van der Waals surface area contributed by atoms with Crippen molar-refractivity contribution in [2.24, 2.45) is 0 Å². The molecule has 72 valence electrons. The molecule has 0 saturated heterocycles. The maximum Gasteiger partial charge on any atom is 0.100 e. The highest BCUT2D eigenvalue weighted by molar-refractivity contribution is 7.09. The predicted molar refractivity (Wildman–Crippen MR) is 56.3 cm³/mol. The molecule has 1 saturated carbocycles. The van der Waals surface area contributed by atoms with Crippen LogP contribution < -0.4 is 5.32 Å². The Labute approximate surface area is 83.4 Å². The summed E-state index contributed by atoms with van der Waals surface area (Å²) in [6, 6.07) is 0. The number of aromatic nitrogens is 1. The van der Waals surface area contributed by atoms with Gasteiger partial charge in [-0.2, -0.15) is 0 Å². The van der Waals surface area contributed by atoms with Gasteiger partial charge in [0.15, 0.2) is 0 Å². The van der Waals surface area contributed by atoms with E-state index in [1.807, 2.05) is 18.4 Å². The third-order valence-electron chi connectivity index (χ3n) is 2.74. The van der Waals surface area contributed by atoms with Crippen molar-refractivity contribution < 1.29 is 0 Å². The van der Waals surface area contributed by atoms with Gasteiger partial charge in [0.05, 0.1) is 5.69 Å². The Morgan fingerprint density at radius 1 is 1.62 bits per heavy atom. The molecule has 1 aliphatic rings. The molecule has 1 aromatic rings. The van der Waals surface area contributed by atoms with Crippen molar-refractivity contribution in [3.05, 3.63) is 16.1 Å². The molecule has 0 aliphatic heterocycles. The average Bonchev–Trinajstić information content (AvgIpc) is 2.78. The normalized spacial score (nSPS) is 18.9. The molecule has 1 N–H and O–H groups in total. The third-order valence-corrected chi connectivity index (χ3v) is 3.87. The van der Waals surface area contributed by atoms with E-state index in [0.29, 0.717) is 5.41 Å². The smallest absolute Gasteiger partial charge is 0.100 e. The predicted octanol–water partition coefficient (Wildman–Crippen LogP) is 1.96. The monoisotopic (exact) mass is 196 g/mol. The molecule has 1 aromatic heterocycles. The van der Waals surface area contributed by atoms with Crippen LogP contribution in [-0.4, -0.2) is 18.6 Å². The number of likely N-dealkylation sites (N-methyl/N-ethyl adjacent to an activating group) is 1. The van der Waals surface area contributed by atoms with Crippen LogP contribution in [0.2, 0.25) is 0 Å². The lowest BCUT2D eigenvalue weighted by atomic mass is 10.1. The molecule has 3 heteroatoms. The van der Waals surface area contributed by atoms with E-state index in [1.165, 1.54) is 23.5 Å². The quantitative estimate of drug-likeness (QED) is 0.796. The van der Waals surface area contributed by atoms with Crippen molar-refractivity contribution in [1.29, 1.82) is 0 Å². The number of hydrogen-bond donors (Lipinski definition) is 1. The molecular weight excluding hydrogens is 180 g/mol. The number of thiazole rings is 1. The van der Waals surface area contributed by atoms with Crippen molar-refractivity contribution in [3.63, 3.8) is 0 Å². The van der Waals surface area contributed by atoms with Crippen LogP contribution in [0.5, 0.6) is 0 Å². The number of nitrogens with zero attached hydrogens (tertiary/aromatic N) is 1. The zero-order valence-corrected chi connectivity index (χ0v) is 9.08. The maximum absolute atomic E-state index is 4.66. The average molecular weight is 196 g/mol. The summed E-state index contributed by atoms with van der Waals surface area (Å²) >= 11 is 1.83. The van der Waals surface area contributed by atoms with Gasteiger partial charge < -0.3 is 5.32 Å². The molecule has 0 amide bonds. The van der Waals surface area contributed by atoms with Crippen molar-refractivity contribution in [2.75, 3.05) is 13.6 Å². The van der Waals surface area contributed by atoms with Gasteiger partial charge in [0, 0.05) is 17.3 Å². The van der Waals surface area contributed by atoms with E-state index >= 15 is 0 Å². The van der Waals surface area contributed by atoms with Crippen LogP contribution in [0.4, 0.5) is 0 Å². The summed E-state index contributed by atoms with van der Waals surface area (Å²) in [7, 11) is 2.02. The molecule has 2 rings (SSSR count). The Morgan fingerprint density at radius 3 is 2.85 bits per heavy atom. The highest BCUT2D eigenvalue weighted by Gasteiger charge is 2.46. The highest BCUT2D eigenvalue weighted by atomic mass is 32.1. The van der Waals surface area contributed by atoms with E-state index in [9.17, 15) is 0 Å². The Bertz CT molecular complexity index is 289. The van der Waals surface area contributed by atoms with Crippen LogP contribution in [0.25, 0.3) is 0 Å². The first-order chi connectivity index (χ1) is 6.30. The summed E-state index contributed by atoms with van der Waals surface area (Å²) in [6.45, 7) is 3.25. The first-order valence-electron chi connectivity index (χ1n) is 4.90. The van der Waals surface area contributed by atoms with E-state index in [2.05, 4.69) is 22.6 Å². The van der Waals surface area contributed by atoms with Gasteiger partial charge in [0.2, 0.25) is 0 Å². The Morgan fingerprint density at radius 2 is 2.38 bits per heavy atom. The van der Waals surface area contributed by atoms with Gasteiger partial charge in [-0.05, 0) is 26.3 Å². The minimum absolute atomic E-state index is 0.410. The van der Waals surface area contributed by atoms with Crippen LogP contribution in [0.15, 0.2) is 5.38 Å². The summed E-state index contributed by atoms with van der Waals surface area (Å²) in [6.07, 6.45) is 3.68. The first kappa shape index (κ1) is 9.16. The minimum atomic E-state index is 0.410. The summed E-state index contributed by atoms with van der Waals surface area (Å²) in [5.74, 6) is 0. The lowest BCUT2D eigenvalue weighted by molar-refractivity contribution is 0.618. The van der Waals surface area contributed by atoms with Crippen molar-refractivity contribution in [1.82, 2.24) is 10.3 Å². The van der Waals surface area contributed by atoms with E-state index in [1.54, 1.807) is 0 Å². The molecular formula is C10H16N2S. The molecule has 1 aliphatic carbocycles. The molecule has 1 fully saturated rings. The van der Waals surface area contributed by atoms with Gasteiger partial charge in [-0.1, -0.05) is 6.92 Å². The summed E-state index contributed by atoms with van der Waals surface area (Å²) in [4.78, 5) is 4.66. The molecule has 0 bridgehead atoms. The van der Waals surface area contributed by atoms with E-state index < -0.39 is 0 Å².